The number of benzene rings is 2. The maximum atomic E-state index is 13.2. The lowest BCUT2D eigenvalue weighted by atomic mass is 9.84. The maximum absolute atomic E-state index is 13.2. The minimum Gasteiger partial charge on any atom is -0.265 e. The van der Waals surface area contributed by atoms with Gasteiger partial charge in [-0.15, -0.1) is 0 Å². The van der Waals surface area contributed by atoms with Crippen molar-refractivity contribution in [3.05, 3.63) is 81.4 Å². The number of hydrogen-bond donors (Lipinski definition) is 0. The predicted octanol–water partition coefficient (Wildman–Crippen LogP) is 4.13. The van der Waals surface area contributed by atoms with Gasteiger partial charge in [-0.1, -0.05) is 48.0 Å². The van der Waals surface area contributed by atoms with Crippen molar-refractivity contribution in [2.75, 3.05) is 19.6 Å². The molecule has 0 saturated carbocycles. The molecule has 1 fully saturated rings. The molecule has 1 aliphatic heterocycles. The van der Waals surface area contributed by atoms with Crippen molar-refractivity contribution in [1.29, 1.82) is 0 Å². The largest absolute Gasteiger partial charge is 0.265 e. The quantitative estimate of drug-likeness (QED) is 0.343. The summed E-state index contributed by atoms with van der Waals surface area (Å²) in [5, 5.41) is 11.3. The van der Waals surface area contributed by atoms with Crippen molar-refractivity contribution >= 4 is 36.2 Å². The predicted molar refractivity (Wildman–Crippen MR) is 117 cm³/mol. The standard InChI is InChI=1S/C20H21IN2O4S/c1-15-8-10-17(11-9-15)28(26,27)22-12-18(20(2,13-22)14-23(24)25)19(21)16-6-4-3-5-7-16/h3-11H,12-14H2,1-2H3/b19-18+/t20-/m0/s1. The average molecular weight is 512 g/mol. The second kappa shape index (κ2) is 7.92. The van der Waals surface area contributed by atoms with E-state index in [9.17, 15) is 18.5 Å². The van der Waals surface area contributed by atoms with Gasteiger partial charge in [0.2, 0.25) is 16.6 Å². The van der Waals surface area contributed by atoms with Gasteiger partial charge in [0.05, 0.1) is 10.3 Å². The van der Waals surface area contributed by atoms with Gasteiger partial charge in [-0.05, 0) is 59.7 Å². The molecule has 1 heterocycles. The van der Waals surface area contributed by atoms with Crippen LogP contribution in [0.15, 0.2) is 65.1 Å². The Morgan fingerprint density at radius 1 is 1.18 bits per heavy atom. The van der Waals surface area contributed by atoms with Crippen LogP contribution >= 0.6 is 22.6 Å². The van der Waals surface area contributed by atoms with E-state index >= 15 is 0 Å². The fraction of sp³-hybridized carbons (Fsp3) is 0.300. The van der Waals surface area contributed by atoms with Crippen LogP contribution in [-0.2, 0) is 10.0 Å². The van der Waals surface area contributed by atoms with Crippen molar-refractivity contribution in [3.8, 4) is 0 Å². The third-order valence-corrected chi connectivity index (χ3v) is 8.10. The molecule has 0 N–H and O–H groups in total. The van der Waals surface area contributed by atoms with E-state index in [0.29, 0.717) is 0 Å². The third kappa shape index (κ3) is 4.13. The Bertz CT molecular complexity index is 1020. The minimum atomic E-state index is -3.74. The number of hydrogen-bond acceptors (Lipinski definition) is 4. The van der Waals surface area contributed by atoms with Gasteiger partial charge in [-0.25, -0.2) is 8.42 Å². The summed E-state index contributed by atoms with van der Waals surface area (Å²) < 4.78 is 28.5. The van der Waals surface area contributed by atoms with E-state index < -0.39 is 15.4 Å². The van der Waals surface area contributed by atoms with Gasteiger partial charge in [0.25, 0.3) is 0 Å². The van der Waals surface area contributed by atoms with Gasteiger partial charge in [-0.2, -0.15) is 4.31 Å². The zero-order valence-corrected chi connectivity index (χ0v) is 18.6. The van der Waals surface area contributed by atoms with Crippen molar-refractivity contribution in [3.63, 3.8) is 0 Å². The molecular weight excluding hydrogens is 491 g/mol. The van der Waals surface area contributed by atoms with Gasteiger partial charge in [0.1, 0.15) is 0 Å². The summed E-state index contributed by atoms with van der Waals surface area (Å²) in [6, 6.07) is 16.2. The van der Waals surface area contributed by atoms with Crippen molar-refractivity contribution in [2.45, 2.75) is 18.7 Å². The first-order valence-electron chi connectivity index (χ1n) is 8.77. The van der Waals surface area contributed by atoms with E-state index in [1.807, 2.05) is 37.3 Å². The SMILES string of the molecule is Cc1ccc(S(=O)(=O)N2C/C(=C(\I)c3ccccc3)[C@](C)(C[N+](=O)[O-])C2)cc1. The second-order valence-electron chi connectivity index (χ2n) is 7.30. The third-order valence-electron chi connectivity index (χ3n) is 5.02. The first-order chi connectivity index (χ1) is 13.1. The Morgan fingerprint density at radius 2 is 1.79 bits per heavy atom. The van der Waals surface area contributed by atoms with E-state index in [-0.39, 0.29) is 29.5 Å². The van der Waals surface area contributed by atoms with E-state index in [4.69, 9.17) is 0 Å². The summed E-state index contributed by atoms with van der Waals surface area (Å²) in [7, 11) is -3.74. The van der Waals surface area contributed by atoms with Crippen LogP contribution in [0.25, 0.3) is 3.58 Å². The molecule has 1 aliphatic rings. The number of sulfonamides is 1. The molecule has 1 atom stereocenters. The molecule has 2 aromatic carbocycles. The molecule has 148 valence electrons. The molecule has 1 saturated heterocycles. The highest BCUT2D eigenvalue weighted by molar-refractivity contribution is 14.1. The monoisotopic (exact) mass is 512 g/mol. The second-order valence-corrected chi connectivity index (χ2v) is 10.3. The highest BCUT2D eigenvalue weighted by Gasteiger charge is 2.48. The van der Waals surface area contributed by atoms with Gasteiger partial charge < -0.3 is 0 Å². The Morgan fingerprint density at radius 3 is 2.36 bits per heavy atom. The van der Waals surface area contributed by atoms with Crippen LogP contribution in [0.2, 0.25) is 0 Å². The Labute approximate surface area is 178 Å². The Kier molecular flexibility index (Phi) is 5.92. The van der Waals surface area contributed by atoms with Gasteiger partial charge in [-0.3, -0.25) is 10.1 Å². The number of nitro groups is 1. The molecule has 6 nitrogen and oxygen atoms in total. The molecule has 3 rings (SSSR count). The van der Waals surface area contributed by atoms with Crippen LogP contribution in [0, 0.1) is 22.5 Å². The van der Waals surface area contributed by atoms with E-state index in [0.717, 1.165) is 20.3 Å². The summed E-state index contributed by atoms with van der Waals surface area (Å²) >= 11 is 2.17. The minimum absolute atomic E-state index is 0.0822. The molecule has 0 bridgehead atoms. The summed E-state index contributed by atoms with van der Waals surface area (Å²) in [4.78, 5) is 11.2. The summed E-state index contributed by atoms with van der Waals surface area (Å²) in [5.41, 5.74) is 1.82. The Balaban J connectivity index is 2.06. The highest BCUT2D eigenvalue weighted by Crippen LogP contribution is 2.44. The van der Waals surface area contributed by atoms with E-state index in [2.05, 4.69) is 22.6 Å². The lowest BCUT2D eigenvalue weighted by molar-refractivity contribution is -0.493. The lowest BCUT2D eigenvalue weighted by Crippen LogP contribution is -2.34. The van der Waals surface area contributed by atoms with Crippen LogP contribution in [0.4, 0.5) is 0 Å². The fourth-order valence-corrected chi connectivity index (χ4v) is 6.17. The molecule has 28 heavy (non-hydrogen) atoms. The lowest BCUT2D eigenvalue weighted by Gasteiger charge is -2.22. The zero-order chi connectivity index (χ0) is 20.5. The van der Waals surface area contributed by atoms with Gasteiger partial charge in [0.15, 0.2) is 0 Å². The van der Waals surface area contributed by atoms with E-state index in [1.165, 1.54) is 4.31 Å². The first-order valence-corrected chi connectivity index (χ1v) is 11.3. The number of nitrogens with zero attached hydrogens (tertiary/aromatic N) is 2. The van der Waals surface area contributed by atoms with Crippen LogP contribution < -0.4 is 0 Å². The van der Waals surface area contributed by atoms with Crippen LogP contribution in [-0.4, -0.2) is 37.3 Å². The van der Waals surface area contributed by atoms with Gasteiger partial charge in [0, 0.05) is 21.6 Å². The molecule has 0 spiro atoms. The first kappa shape index (κ1) is 20.9. The smallest absolute Gasteiger partial charge is 0.243 e. The molecule has 0 radical (unpaired) electrons. The topological polar surface area (TPSA) is 80.5 Å². The van der Waals surface area contributed by atoms with Crippen molar-refractivity contribution < 1.29 is 13.3 Å². The number of aryl methyl sites for hydroxylation is 1. The molecule has 8 heteroatoms. The van der Waals surface area contributed by atoms with Crippen LogP contribution in [0.1, 0.15) is 18.1 Å². The zero-order valence-electron chi connectivity index (χ0n) is 15.6. The maximum Gasteiger partial charge on any atom is 0.243 e. The fourth-order valence-electron chi connectivity index (χ4n) is 3.46. The van der Waals surface area contributed by atoms with Crippen LogP contribution in [0.5, 0.6) is 0 Å². The molecule has 2 aromatic rings. The normalized spacial score (nSPS) is 22.2. The summed E-state index contributed by atoms with van der Waals surface area (Å²) in [6.07, 6.45) is 0. The molecular formula is C20H21IN2O4S. The van der Waals surface area contributed by atoms with Crippen molar-refractivity contribution in [1.82, 2.24) is 4.31 Å². The molecule has 0 aliphatic carbocycles. The molecule has 0 amide bonds. The summed E-state index contributed by atoms with van der Waals surface area (Å²) in [5.74, 6) is 0. The molecule has 0 aromatic heterocycles. The van der Waals surface area contributed by atoms with Crippen LogP contribution in [0.3, 0.4) is 0 Å². The van der Waals surface area contributed by atoms with E-state index in [1.54, 1.807) is 31.2 Å². The van der Waals surface area contributed by atoms with Crippen molar-refractivity contribution in [2.24, 2.45) is 5.41 Å². The Hall–Kier alpha value is -1.78. The van der Waals surface area contributed by atoms with Gasteiger partial charge >= 0.3 is 0 Å². The average Bonchev–Trinajstić information content (AvgIpc) is 2.99. The summed E-state index contributed by atoms with van der Waals surface area (Å²) in [6.45, 7) is 3.58. The number of rotatable bonds is 5. The number of halogens is 1. The molecule has 0 unspecified atom stereocenters. The highest BCUT2D eigenvalue weighted by atomic mass is 127.